The maximum atomic E-state index is 13.0. The molecule has 6 rings (SSSR count). The number of rotatable bonds is 5. The van der Waals surface area contributed by atoms with Gasteiger partial charge in [0.2, 0.25) is 0 Å². The maximum absolute atomic E-state index is 13.0. The molecule has 0 amide bonds. The molecule has 0 radical (unpaired) electrons. The molecule has 45 heavy (non-hydrogen) atoms. The van der Waals surface area contributed by atoms with E-state index in [-0.39, 0.29) is 39.7 Å². The van der Waals surface area contributed by atoms with Crippen LogP contribution < -0.4 is 0 Å². The van der Waals surface area contributed by atoms with Crippen LogP contribution in [0.25, 0.3) is 6.08 Å². The lowest BCUT2D eigenvalue weighted by atomic mass is 9.32. The number of fused-ring (bicyclic) bond motifs is 7. The van der Waals surface area contributed by atoms with E-state index in [1.54, 1.807) is 30.3 Å². The highest BCUT2D eigenvalue weighted by molar-refractivity contribution is 5.87. The Kier molecular flexibility index (Phi) is 7.70. The number of ether oxygens (including phenoxy) is 1. The summed E-state index contributed by atoms with van der Waals surface area (Å²) in [6, 6.07) is 6.62. The lowest BCUT2D eigenvalue weighted by Gasteiger charge is -2.73. The Morgan fingerprint density at radius 2 is 1.60 bits per heavy atom. The van der Waals surface area contributed by atoms with Crippen LogP contribution in [0.1, 0.15) is 105 Å². The second-order valence-electron chi connectivity index (χ2n) is 17.0. The van der Waals surface area contributed by atoms with E-state index in [0.29, 0.717) is 18.3 Å². The van der Waals surface area contributed by atoms with Crippen LogP contribution in [0.2, 0.25) is 0 Å². The summed E-state index contributed by atoms with van der Waals surface area (Å²) in [5, 5.41) is 31.9. The number of carbonyl (C=O) groups excluding carboxylic acids is 1. The number of esters is 1. The van der Waals surface area contributed by atoms with Gasteiger partial charge >= 0.3 is 11.9 Å². The fourth-order valence-electron chi connectivity index (χ4n) is 12.8. The fraction of sp³-hybridized carbons (Fsp3) is 0.692. The molecule has 5 saturated carbocycles. The van der Waals surface area contributed by atoms with Gasteiger partial charge in [0, 0.05) is 11.5 Å². The summed E-state index contributed by atoms with van der Waals surface area (Å²) >= 11 is 0. The Bertz CT molecular complexity index is 1390. The topological polar surface area (TPSA) is 104 Å². The minimum Gasteiger partial charge on any atom is -0.508 e. The largest absolute Gasteiger partial charge is 0.508 e. The number of allylic oxidation sites excluding steroid dienone is 1. The van der Waals surface area contributed by atoms with Crippen LogP contribution >= 0.6 is 0 Å². The second-order valence-corrected chi connectivity index (χ2v) is 17.0. The molecule has 6 heteroatoms. The van der Waals surface area contributed by atoms with Crippen molar-refractivity contribution in [2.45, 2.75) is 112 Å². The number of aliphatic carboxylic acids is 1. The average Bonchev–Trinajstić information content (AvgIpc) is 3.37. The van der Waals surface area contributed by atoms with E-state index < -0.39 is 35.0 Å². The molecule has 0 heterocycles. The highest BCUT2D eigenvalue weighted by Gasteiger charge is 2.72. The summed E-state index contributed by atoms with van der Waals surface area (Å²) in [5.74, 6) is 0.537. The number of benzene rings is 1. The Hall–Kier alpha value is -2.60. The van der Waals surface area contributed by atoms with Gasteiger partial charge in [-0.25, -0.2) is 4.79 Å². The maximum Gasteiger partial charge on any atom is 0.331 e. The molecule has 5 aliphatic carbocycles. The summed E-state index contributed by atoms with van der Waals surface area (Å²) in [4.78, 5) is 26.0. The van der Waals surface area contributed by atoms with Crippen molar-refractivity contribution < 1.29 is 29.6 Å². The van der Waals surface area contributed by atoms with Crippen molar-refractivity contribution >= 4 is 18.0 Å². The van der Waals surface area contributed by atoms with Gasteiger partial charge in [0.1, 0.15) is 11.9 Å². The van der Waals surface area contributed by atoms with Crippen molar-refractivity contribution in [2.24, 2.45) is 56.7 Å². The van der Waals surface area contributed by atoms with Crippen LogP contribution in [0.3, 0.4) is 0 Å². The minimum absolute atomic E-state index is 0.0169. The van der Waals surface area contributed by atoms with Crippen molar-refractivity contribution in [3.05, 3.63) is 48.1 Å². The van der Waals surface area contributed by atoms with Crippen molar-refractivity contribution in [3.63, 3.8) is 0 Å². The number of carboxylic acid groups (broad SMARTS) is 1. The number of carboxylic acids is 1. The third-order valence-corrected chi connectivity index (χ3v) is 14.9. The summed E-state index contributed by atoms with van der Waals surface area (Å²) in [5.41, 5.74) is 0.796. The molecule has 1 aromatic rings. The highest BCUT2D eigenvalue weighted by Crippen LogP contribution is 2.77. The van der Waals surface area contributed by atoms with Gasteiger partial charge in [0.15, 0.2) is 0 Å². The van der Waals surface area contributed by atoms with Gasteiger partial charge in [-0.1, -0.05) is 58.9 Å². The van der Waals surface area contributed by atoms with E-state index in [1.165, 1.54) is 6.08 Å². The van der Waals surface area contributed by atoms with Crippen molar-refractivity contribution in [2.75, 3.05) is 0 Å². The number of hydrogen-bond acceptors (Lipinski definition) is 5. The first-order valence-corrected chi connectivity index (χ1v) is 17.3. The Balaban J connectivity index is 1.27. The quantitative estimate of drug-likeness (QED) is 0.175. The lowest BCUT2D eigenvalue weighted by molar-refractivity contribution is -0.265. The van der Waals surface area contributed by atoms with Crippen LogP contribution in [0.5, 0.6) is 5.75 Å². The molecule has 5 aliphatic rings. The SMILES string of the molecule is C=C(C)[C@H]1CC[C@]2(C(=O)O)CC[C@]3(C)[C@H](CC[C@@H]4[C@@]5(C)C[C@H](O)[C@@H](OC(=O)/C=C/c6ccc(O)cc6)C(C)(C)[C@@H]5CC[C@]43C)[C@H]12. The molecule has 11 atom stereocenters. The van der Waals surface area contributed by atoms with Crippen LogP contribution in [0, 0.1) is 56.7 Å². The molecule has 5 fully saturated rings. The number of carbonyl (C=O) groups is 2. The smallest absolute Gasteiger partial charge is 0.331 e. The molecule has 3 N–H and O–H groups in total. The summed E-state index contributed by atoms with van der Waals surface area (Å²) in [6.45, 7) is 18.2. The second kappa shape index (κ2) is 10.7. The van der Waals surface area contributed by atoms with Gasteiger partial charge in [-0.05, 0) is 134 Å². The Morgan fingerprint density at radius 3 is 2.24 bits per heavy atom. The molecule has 0 unspecified atom stereocenters. The fourth-order valence-corrected chi connectivity index (χ4v) is 12.8. The van der Waals surface area contributed by atoms with E-state index in [9.17, 15) is 24.9 Å². The number of phenolic OH excluding ortho intramolecular Hbond substituents is 1. The number of aliphatic hydroxyl groups is 1. The summed E-state index contributed by atoms with van der Waals surface area (Å²) < 4.78 is 6.05. The monoisotopic (exact) mass is 618 g/mol. The van der Waals surface area contributed by atoms with Crippen LogP contribution in [0.4, 0.5) is 0 Å². The van der Waals surface area contributed by atoms with E-state index in [0.717, 1.165) is 62.5 Å². The molecular weight excluding hydrogens is 564 g/mol. The van der Waals surface area contributed by atoms with Crippen molar-refractivity contribution in [3.8, 4) is 5.75 Å². The van der Waals surface area contributed by atoms with E-state index in [4.69, 9.17) is 4.74 Å². The zero-order valence-electron chi connectivity index (χ0n) is 28.1. The van der Waals surface area contributed by atoms with Gasteiger partial charge in [0.05, 0.1) is 11.5 Å². The zero-order valence-corrected chi connectivity index (χ0v) is 28.1. The van der Waals surface area contributed by atoms with Gasteiger partial charge in [0.25, 0.3) is 0 Å². The zero-order chi connectivity index (χ0) is 32.7. The normalized spacial score (nSPS) is 45.1. The molecule has 0 spiro atoms. The molecule has 0 aliphatic heterocycles. The number of hydrogen-bond donors (Lipinski definition) is 3. The lowest BCUT2D eigenvalue weighted by Crippen LogP contribution is -2.69. The van der Waals surface area contributed by atoms with Crippen LogP contribution in [0.15, 0.2) is 42.5 Å². The molecule has 246 valence electrons. The molecule has 0 bridgehead atoms. The standard InChI is InChI=1S/C39H54O6/c1-23(2)26-16-19-39(34(43)44)21-20-37(6)27(32(26)39)13-14-30-36(5)22-28(41)33(35(3,4)29(36)17-18-38(30,37)7)45-31(42)15-10-24-8-11-25(40)12-9-24/h8-12,15,26-30,32-33,40-41H,1,13-14,16-22H2,2-7H3,(H,43,44)/b15-10+/t26-,27-,28+,29+,30-,32+,33-,36+,37-,38-,39+/m1/s1. The van der Waals surface area contributed by atoms with E-state index in [2.05, 4.69) is 48.1 Å². The predicted molar refractivity (Wildman–Crippen MR) is 175 cm³/mol. The van der Waals surface area contributed by atoms with Gasteiger partial charge < -0.3 is 20.1 Å². The molecule has 0 saturated heterocycles. The summed E-state index contributed by atoms with van der Waals surface area (Å²) in [6.07, 6.45) is 9.82. The average molecular weight is 619 g/mol. The van der Waals surface area contributed by atoms with Crippen LogP contribution in [-0.4, -0.2) is 39.5 Å². The van der Waals surface area contributed by atoms with Crippen LogP contribution in [-0.2, 0) is 14.3 Å². The minimum atomic E-state index is -0.770. The predicted octanol–water partition coefficient (Wildman–Crippen LogP) is 8.03. The Morgan fingerprint density at radius 1 is 0.911 bits per heavy atom. The molecule has 6 nitrogen and oxygen atoms in total. The van der Waals surface area contributed by atoms with Crippen molar-refractivity contribution in [1.82, 2.24) is 0 Å². The number of aromatic hydroxyl groups is 1. The van der Waals surface area contributed by atoms with Crippen molar-refractivity contribution in [1.29, 1.82) is 0 Å². The summed E-state index contributed by atoms with van der Waals surface area (Å²) in [7, 11) is 0. The van der Waals surface area contributed by atoms with Gasteiger partial charge in [-0.2, -0.15) is 0 Å². The first-order valence-electron chi connectivity index (χ1n) is 17.3. The van der Waals surface area contributed by atoms with Gasteiger partial charge in [-0.15, -0.1) is 0 Å². The molecule has 0 aromatic heterocycles. The van der Waals surface area contributed by atoms with E-state index >= 15 is 0 Å². The molecule has 1 aromatic carbocycles. The Labute approximate surface area is 269 Å². The third-order valence-electron chi connectivity index (χ3n) is 14.9. The first kappa shape index (κ1) is 32.3. The molecular formula is C39H54O6. The first-order chi connectivity index (χ1) is 21.0. The third kappa shape index (κ3) is 4.58. The number of aliphatic hydroxyl groups excluding tert-OH is 1. The van der Waals surface area contributed by atoms with Gasteiger partial charge in [-0.3, -0.25) is 4.79 Å². The highest BCUT2D eigenvalue weighted by atomic mass is 16.6. The van der Waals surface area contributed by atoms with E-state index in [1.807, 2.05) is 0 Å². The number of phenols is 1.